The van der Waals surface area contributed by atoms with Crippen LogP contribution in [0.15, 0.2) is 44.8 Å². The van der Waals surface area contributed by atoms with E-state index in [1.165, 1.54) is 0 Å². The van der Waals surface area contributed by atoms with Crippen LogP contribution in [0.2, 0.25) is 0 Å². The fourth-order valence-electron chi connectivity index (χ4n) is 2.96. The van der Waals surface area contributed by atoms with Crippen LogP contribution in [-0.4, -0.2) is 29.3 Å². The van der Waals surface area contributed by atoms with Crippen LogP contribution in [0.3, 0.4) is 0 Å². The van der Waals surface area contributed by atoms with Crippen LogP contribution in [0.25, 0.3) is 0 Å². The molecule has 8 heteroatoms. The third-order valence-electron chi connectivity index (χ3n) is 4.65. The molecule has 0 amide bonds. The Kier molecular flexibility index (Phi) is 11.5. The molecule has 0 radical (unpaired) electrons. The maximum absolute atomic E-state index is 11.6. The molecule has 7 nitrogen and oxygen atoms in total. The number of aryl methyl sites for hydroxylation is 1. The first kappa shape index (κ1) is 24.2. The number of rotatable bonds is 10. The number of aliphatic imine (C=N–C) groups is 1. The lowest BCUT2D eigenvalue weighted by Gasteiger charge is -2.11. The second-order valence-electron chi connectivity index (χ2n) is 6.52. The molecule has 0 spiro atoms. The molecule has 2 rings (SSSR count). The normalized spacial score (nSPS) is 11.4. The van der Waals surface area contributed by atoms with Crippen molar-refractivity contribution in [3.05, 3.63) is 52.3 Å². The SMILES string of the molecule is CCC(CC)c1cc(CNC(=NC)NCCCCn2ccccc2=O)on1.I. The predicted octanol–water partition coefficient (Wildman–Crippen LogP) is 3.50. The van der Waals surface area contributed by atoms with E-state index in [4.69, 9.17) is 4.52 Å². The van der Waals surface area contributed by atoms with Gasteiger partial charge in [0.2, 0.25) is 5.56 Å². The molecule has 0 aromatic carbocycles. The fourth-order valence-corrected chi connectivity index (χ4v) is 2.96. The summed E-state index contributed by atoms with van der Waals surface area (Å²) >= 11 is 0. The largest absolute Gasteiger partial charge is 0.359 e. The number of halogens is 1. The standard InChI is InChI=1S/C20H31N5O2.HI/c1-4-16(5-2)18-14-17(27-24-18)15-23-20(21-3)22-11-7-9-13-25-12-8-6-10-19(25)26;/h6,8,10,12,14,16H,4-5,7,9,11,13,15H2,1-3H3,(H2,21,22,23);1H. The van der Waals surface area contributed by atoms with E-state index >= 15 is 0 Å². The molecule has 28 heavy (non-hydrogen) atoms. The summed E-state index contributed by atoms with van der Waals surface area (Å²) < 4.78 is 7.15. The van der Waals surface area contributed by atoms with Gasteiger partial charge in [0.25, 0.3) is 0 Å². The van der Waals surface area contributed by atoms with Crippen molar-refractivity contribution in [2.75, 3.05) is 13.6 Å². The lowest BCUT2D eigenvalue weighted by atomic mass is 9.99. The zero-order valence-corrected chi connectivity index (χ0v) is 19.3. The minimum absolute atomic E-state index is 0. The Balaban J connectivity index is 0.00000392. The predicted molar refractivity (Wildman–Crippen MR) is 123 cm³/mol. The van der Waals surface area contributed by atoms with Crippen LogP contribution >= 0.6 is 24.0 Å². The van der Waals surface area contributed by atoms with E-state index in [-0.39, 0.29) is 29.5 Å². The molecule has 0 bridgehead atoms. The number of pyridine rings is 1. The highest BCUT2D eigenvalue weighted by Gasteiger charge is 2.13. The summed E-state index contributed by atoms with van der Waals surface area (Å²) in [5.41, 5.74) is 1.07. The first-order chi connectivity index (χ1) is 13.2. The van der Waals surface area contributed by atoms with E-state index in [1.54, 1.807) is 23.7 Å². The van der Waals surface area contributed by atoms with Gasteiger partial charge in [-0.1, -0.05) is 25.1 Å². The Labute approximate surface area is 184 Å². The molecule has 2 heterocycles. The fraction of sp³-hybridized carbons (Fsp3) is 0.550. The van der Waals surface area contributed by atoms with Crippen molar-refractivity contribution >= 4 is 29.9 Å². The molecule has 2 aromatic rings. The van der Waals surface area contributed by atoms with Crippen molar-refractivity contribution < 1.29 is 4.52 Å². The zero-order valence-electron chi connectivity index (χ0n) is 17.0. The van der Waals surface area contributed by atoms with Crippen molar-refractivity contribution in [1.82, 2.24) is 20.4 Å². The van der Waals surface area contributed by atoms with E-state index in [9.17, 15) is 4.79 Å². The van der Waals surface area contributed by atoms with Gasteiger partial charge in [0.15, 0.2) is 11.7 Å². The first-order valence-electron chi connectivity index (χ1n) is 9.73. The molecule has 0 saturated heterocycles. The molecular weight excluding hydrogens is 469 g/mol. The first-order valence-corrected chi connectivity index (χ1v) is 9.73. The highest BCUT2D eigenvalue weighted by atomic mass is 127. The van der Waals surface area contributed by atoms with Crippen molar-refractivity contribution in [2.45, 2.75) is 58.5 Å². The van der Waals surface area contributed by atoms with Crippen LogP contribution in [0.5, 0.6) is 0 Å². The van der Waals surface area contributed by atoms with Crippen molar-refractivity contribution in [2.24, 2.45) is 4.99 Å². The Bertz CT molecular complexity index is 768. The number of hydrogen-bond acceptors (Lipinski definition) is 4. The van der Waals surface area contributed by atoms with E-state index in [0.29, 0.717) is 12.5 Å². The number of nitrogens with one attached hydrogen (secondary N) is 2. The van der Waals surface area contributed by atoms with E-state index in [1.807, 2.05) is 18.3 Å². The summed E-state index contributed by atoms with van der Waals surface area (Å²) in [7, 11) is 1.74. The van der Waals surface area contributed by atoms with E-state index in [2.05, 4.69) is 34.6 Å². The highest BCUT2D eigenvalue weighted by molar-refractivity contribution is 14.0. The van der Waals surface area contributed by atoms with Gasteiger partial charge in [-0.2, -0.15) is 0 Å². The Morgan fingerprint density at radius 3 is 2.71 bits per heavy atom. The molecule has 156 valence electrons. The Morgan fingerprint density at radius 2 is 2.04 bits per heavy atom. The smallest absolute Gasteiger partial charge is 0.250 e. The summed E-state index contributed by atoms with van der Waals surface area (Å²) in [5.74, 6) is 1.99. The third kappa shape index (κ3) is 7.65. The highest BCUT2D eigenvalue weighted by Crippen LogP contribution is 2.22. The quantitative estimate of drug-likeness (QED) is 0.225. The van der Waals surface area contributed by atoms with Gasteiger partial charge in [-0.05, 0) is 31.7 Å². The van der Waals surface area contributed by atoms with Gasteiger partial charge < -0.3 is 19.7 Å². The summed E-state index contributed by atoms with van der Waals surface area (Å²) in [6.07, 6.45) is 5.82. The summed E-state index contributed by atoms with van der Waals surface area (Å²) in [4.78, 5) is 15.9. The lowest BCUT2D eigenvalue weighted by molar-refractivity contribution is 0.368. The minimum Gasteiger partial charge on any atom is -0.359 e. The van der Waals surface area contributed by atoms with Gasteiger partial charge in [0.1, 0.15) is 0 Å². The molecular formula is C20H32IN5O2. The van der Waals surface area contributed by atoms with Gasteiger partial charge in [-0.3, -0.25) is 9.79 Å². The number of hydrogen-bond donors (Lipinski definition) is 2. The number of unbranched alkanes of at least 4 members (excludes halogenated alkanes) is 1. The van der Waals surface area contributed by atoms with Gasteiger partial charge in [0, 0.05) is 44.4 Å². The van der Waals surface area contributed by atoms with Gasteiger partial charge in [-0.15, -0.1) is 24.0 Å². The maximum atomic E-state index is 11.6. The molecule has 0 aliphatic rings. The molecule has 0 aliphatic heterocycles. The Hall–Kier alpha value is -1.84. The maximum Gasteiger partial charge on any atom is 0.250 e. The summed E-state index contributed by atoms with van der Waals surface area (Å²) in [5, 5.41) is 10.7. The summed E-state index contributed by atoms with van der Waals surface area (Å²) in [6.45, 7) is 6.40. The van der Waals surface area contributed by atoms with Crippen LogP contribution in [-0.2, 0) is 13.1 Å². The molecule has 0 fully saturated rings. The molecule has 0 unspecified atom stereocenters. The lowest BCUT2D eigenvalue weighted by Crippen LogP contribution is -2.37. The van der Waals surface area contributed by atoms with Gasteiger partial charge >= 0.3 is 0 Å². The number of guanidine groups is 1. The molecule has 0 saturated carbocycles. The van der Waals surface area contributed by atoms with Crippen molar-refractivity contribution in [3.63, 3.8) is 0 Å². The third-order valence-corrected chi connectivity index (χ3v) is 4.65. The zero-order chi connectivity index (χ0) is 19.5. The molecule has 2 aromatic heterocycles. The van der Waals surface area contributed by atoms with Crippen LogP contribution in [0, 0.1) is 0 Å². The molecule has 0 atom stereocenters. The van der Waals surface area contributed by atoms with Gasteiger partial charge in [0.05, 0.1) is 12.2 Å². The monoisotopic (exact) mass is 501 g/mol. The van der Waals surface area contributed by atoms with Crippen molar-refractivity contribution in [3.8, 4) is 0 Å². The number of nitrogens with zero attached hydrogens (tertiary/aromatic N) is 3. The second-order valence-corrected chi connectivity index (χ2v) is 6.52. The van der Waals surface area contributed by atoms with Crippen molar-refractivity contribution in [1.29, 1.82) is 0 Å². The number of aromatic nitrogens is 2. The summed E-state index contributed by atoms with van der Waals surface area (Å²) in [6, 6.07) is 7.25. The van der Waals surface area contributed by atoms with Crippen LogP contribution < -0.4 is 16.2 Å². The van der Waals surface area contributed by atoms with Crippen LogP contribution in [0.1, 0.15) is 56.9 Å². The van der Waals surface area contributed by atoms with E-state index in [0.717, 1.165) is 56.2 Å². The topological polar surface area (TPSA) is 84.5 Å². The van der Waals surface area contributed by atoms with Crippen LogP contribution in [0.4, 0.5) is 0 Å². The average molecular weight is 501 g/mol. The average Bonchev–Trinajstić information content (AvgIpc) is 3.15. The van der Waals surface area contributed by atoms with Gasteiger partial charge in [-0.25, -0.2) is 0 Å². The van der Waals surface area contributed by atoms with E-state index < -0.39 is 0 Å². The Morgan fingerprint density at radius 1 is 1.25 bits per heavy atom. The second kappa shape index (κ2) is 13.4. The minimum atomic E-state index is 0. The molecule has 2 N–H and O–H groups in total. The molecule has 0 aliphatic carbocycles.